The van der Waals surface area contributed by atoms with Gasteiger partial charge in [0.25, 0.3) is 0 Å². The summed E-state index contributed by atoms with van der Waals surface area (Å²) in [6.07, 6.45) is -0.692. The van der Waals surface area contributed by atoms with Crippen molar-refractivity contribution in [1.82, 2.24) is 5.32 Å². The van der Waals surface area contributed by atoms with E-state index >= 15 is 0 Å². The molecule has 20 heavy (non-hydrogen) atoms. The second kappa shape index (κ2) is 7.07. The number of rotatable bonds is 7. The molecule has 2 atom stereocenters. The molecular formula is C16H27NO3. The second-order valence-electron chi connectivity index (χ2n) is 5.89. The monoisotopic (exact) mass is 281 g/mol. The lowest BCUT2D eigenvalue weighted by atomic mass is 9.97. The van der Waals surface area contributed by atoms with Crippen LogP contribution in [0.3, 0.4) is 0 Å². The number of hydrogen-bond donors (Lipinski definition) is 3. The first-order valence-electron chi connectivity index (χ1n) is 7.10. The molecule has 3 N–H and O–H groups in total. The summed E-state index contributed by atoms with van der Waals surface area (Å²) in [5.74, 6) is 0.709. The molecule has 1 aromatic rings. The van der Waals surface area contributed by atoms with Gasteiger partial charge in [-0.15, -0.1) is 0 Å². The normalized spacial score (nSPS) is 14.9. The fourth-order valence-corrected chi connectivity index (χ4v) is 2.20. The highest BCUT2D eigenvalue weighted by molar-refractivity contribution is 5.39. The molecule has 0 radical (unpaired) electrons. The summed E-state index contributed by atoms with van der Waals surface area (Å²) in [7, 11) is 0. The van der Waals surface area contributed by atoms with Gasteiger partial charge in [0.05, 0.1) is 19.3 Å². The molecular weight excluding hydrogens is 254 g/mol. The molecule has 0 saturated carbocycles. The fraction of sp³-hybridized carbons (Fsp3) is 0.625. The van der Waals surface area contributed by atoms with Crippen molar-refractivity contribution in [3.8, 4) is 5.75 Å². The van der Waals surface area contributed by atoms with Gasteiger partial charge in [0, 0.05) is 17.1 Å². The van der Waals surface area contributed by atoms with E-state index in [1.165, 1.54) is 0 Å². The lowest BCUT2D eigenvalue weighted by Crippen LogP contribution is -2.49. The number of aryl methyl sites for hydroxylation is 1. The Kier molecular flexibility index (Phi) is 5.99. The van der Waals surface area contributed by atoms with Crippen molar-refractivity contribution in [2.75, 3.05) is 13.2 Å². The van der Waals surface area contributed by atoms with Gasteiger partial charge in [-0.05, 0) is 46.8 Å². The smallest absolute Gasteiger partial charge is 0.125 e. The molecule has 0 saturated heterocycles. The first kappa shape index (κ1) is 17.0. The molecule has 4 heteroatoms. The highest BCUT2D eigenvalue weighted by atomic mass is 16.5. The molecule has 0 heterocycles. The van der Waals surface area contributed by atoms with Gasteiger partial charge in [0.1, 0.15) is 5.75 Å². The predicted molar refractivity (Wildman–Crippen MR) is 81.1 cm³/mol. The maximum Gasteiger partial charge on any atom is 0.125 e. The van der Waals surface area contributed by atoms with Crippen molar-refractivity contribution in [3.63, 3.8) is 0 Å². The minimum Gasteiger partial charge on any atom is -0.493 e. The standard InChI is InChI=1S/C16H27NO3/c1-6-20-14-8-7-11(2)9-13(14)15(19)12(3)17-16(4,5)10-18/h7-9,12,15,17-19H,6,10H2,1-5H3. The number of benzene rings is 1. The number of hydrogen-bond acceptors (Lipinski definition) is 4. The Morgan fingerprint density at radius 2 is 2.00 bits per heavy atom. The van der Waals surface area contributed by atoms with Gasteiger partial charge in [-0.1, -0.05) is 11.6 Å². The third-order valence-corrected chi connectivity index (χ3v) is 3.27. The van der Waals surface area contributed by atoms with E-state index in [-0.39, 0.29) is 12.6 Å². The van der Waals surface area contributed by atoms with Crippen molar-refractivity contribution < 1.29 is 14.9 Å². The summed E-state index contributed by atoms with van der Waals surface area (Å²) in [4.78, 5) is 0. The number of aliphatic hydroxyl groups is 2. The molecule has 0 aromatic heterocycles. The van der Waals surface area contributed by atoms with Crippen LogP contribution in [-0.4, -0.2) is 35.0 Å². The SMILES string of the molecule is CCOc1ccc(C)cc1C(O)C(C)NC(C)(C)CO. The highest BCUT2D eigenvalue weighted by Gasteiger charge is 2.26. The van der Waals surface area contributed by atoms with E-state index in [1.807, 2.05) is 52.8 Å². The van der Waals surface area contributed by atoms with Crippen LogP contribution >= 0.6 is 0 Å². The van der Waals surface area contributed by atoms with E-state index in [0.29, 0.717) is 12.4 Å². The summed E-state index contributed by atoms with van der Waals surface area (Å²) < 4.78 is 5.58. The van der Waals surface area contributed by atoms with Gasteiger partial charge < -0.3 is 20.3 Å². The molecule has 0 aliphatic rings. The number of ether oxygens (including phenoxy) is 1. The van der Waals surface area contributed by atoms with Crippen molar-refractivity contribution in [2.24, 2.45) is 0 Å². The summed E-state index contributed by atoms with van der Waals surface area (Å²) >= 11 is 0. The minimum absolute atomic E-state index is 0.0101. The zero-order valence-electron chi connectivity index (χ0n) is 13.1. The Morgan fingerprint density at radius 1 is 1.35 bits per heavy atom. The third-order valence-electron chi connectivity index (χ3n) is 3.27. The molecule has 0 fully saturated rings. The molecule has 1 rings (SSSR count). The van der Waals surface area contributed by atoms with Crippen molar-refractivity contribution in [2.45, 2.75) is 52.3 Å². The van der Waals surface area contributed by atoms with E-state index in [2.05, 4.69) is 5.32 Å². The molecule has 1 aromatic carbocycles. The summed E-state index contributed by atoms with van der Waals surface area (Å²) in [6, 6.07) is 5.61. The molecule has 4 nitrogen and oxygen atoms in total. The van der Waals surface area contributed by atoms with E-state index in [4.69, 9.17) is 4.74 Å². The van der Waals surface area contributed by atoms with E-state index in [1.54, 1.807) is 0 Å². The van der Waals surface area contributed by atoms with Gasteiger partial charge in [-0.3, -0.25) is 0 Å². The Labute approximate surface area is 121 Å². The molecule has 114 valence electrons. The lowest BCUT2D eigenvalue weighted by Gasteiger charge is -2.31. The van der Waals surface area contributed by atoms with Crippen LogP contribution in [0.15, 0.2) is 18.2 Å². The Morgan fingerprint density at radius 3 is 2.55 bits per heavy atom. The van der Waals surface area contributed by atoms with Crippen LogP contribution in [0.1, 0.15) is 44.9 Å². The van der Waals surface area contributed by atoms with Crippen molar-refractivity contribution in [1.29, 1.82) is 0 Å². The number of nitrogens with one attached hydrogen (secondary N) is 1. The zero-order chi connectivity index (χ0) is 15.3. The van der Waals surface area contributed by atoms with E-state index < -0.39 is 11.6 Å². The highest BCUT2D eigenvalue weighted by Crippen LogP contribution is 2.29. The van der Waals surface area contributed by atoms with Crippen LogP contribution in [0.25, 0.3) is 0 Å². The third kappa shape index (κ3) is 4.47. The van der Waals surface area contributed by atoms with Crippen LogP contribution in [0.5, 0.6) is 5.75 Å². The van der Waals surface area contributed by atoms with Crippen LogP contribution in [0, 0.1) is 6.92 Å². The quantitative estimate of drug-likeness (QED) is 0.717. The maximum absolute atomic E-state index is 10.6. The molecule has 0 amide bonds. The zero-order valence-corrected chi connectivity index (χ0v) is 13.1. The van der Waals surface area contributed by atoms with Crippen molar-refractivity contribution >= 4 is 0 Å². The van der Waals surface area contributed by atoms with Crippen LogP contribution in [-0.2, 0) is 0 Å². The summed E-state index contributed by atoms with van der Waals surface area (Å²) in [5, 5.41) is 23.1. The number of aliphatic hydroxyl groups excluding tert-OH is 2. The first-order chi connectivity index (χ1) is 9.30. The fourth-order valence-electron chi connectivity index (χ4n) is 2.20. The Bertz CT molecular complexity index is 432. The minimum atomic E-state index is -0.692. The largest absolute Gasteiger partial charge is 0.493 e. The average molecular weight is 281 g/mol. The predicted octanol–water partition coefficient (Wildman–Crippen LogP) is 2.18. The summed E-state index contributed by atoms with van der Waals surface area (Å²) in [5.41, 5.74) is 1.42. The van der Waals surface area contributed by atoms with Gasteiger partial charge in [0.15, 0.2) is 0 Å². The molecule has 0 aliphatic carbocycles. The topological polar surface area (TPSA) is 61.7 Å². The van der Waals surface area contributed by atoms with Gasteiger partial charge in [-0.25, -0.2) is 0 Å². The Hall–Kier alpha value is -1.10. The molecule has 2 unspecified atom stereocenters. The summed E-state index contributed by atoms with van der Waals surface area (Å²) in [6.45, 7) is 10.2. The average Bonchev–Trinajstić information content (AvgIpc) is 2.39. The van der Waals surface area contributed by atoms with Gasteiger partial charge in [0.2, 0.25) is 0 Å². The maximum atomic E-state index is 10.6. The van der Waals surface area contributed by atoms with Crippen LogP contribution < -0.4 is 10.1 Å². The molecule has 0 bridgehead atoms. The van der Waals surface area contributed by atoms with E-state index in [0.717, 1.165) is 11.1 Å². The van der Waals surface area contributed by atoms with Crippen LogP contribution in [0.4, 0.5) is 0 Å². The van der Waals surface area contributed by atoms with E-state index in [9.17, 15) is 10.2 Å². The first-order valence-corrected chi connectivity index (χ1v) is 7.10. The van der Waals surface area contributed by atoms with Crippen LogP contribution in [0.2, 0.25) is 0 Å². The molecule has 0 spiro atoms. The molecule has 0 aliphatic heterocycles. The van der Waals surface area contributed by atoms with Crippen molar-refractivity contribution in [3.05, 3.63) is 29.3 Å². The van der Waals surface area contributed by atoms with Gasteiger partial charge in [-0.2, -0.15) is 0 Å². The lowest BCUT2D eigenvalue weighted by molar-refractivity contribution is 0.0966. The second-order valence-corrected chi connectivity index (χ2v) is 5.89. The Balaban J connectivity index is 2.95. The van der Waals surface area contributed by atoms with Gasteiger partial charge >= 0.3 is 0 Å².